The van der Waals surface area contributed by atoms with Gasteiger partial charge in [-0.2, -0.15) is 0 Å². The SMILES string of the molecule is CNC(=O)c1ccc(C2CCN(Cc3ccc4c(c3)NC(O)N(C)C4=O)CC2)c(C)n1. The lowest BCUT2D eigenvalue weighted by Crippen LogP contribution is -2.46. The molecule has 1 aromatic heterocycles. The quantitative estimate of drug-likeness (QED) is 0.695. The van der Waals surface area contributed by atoms with Crippen LogP contribution in [0.2, 0.25) is 0 Å². The number of fused-ring (bicyclic) bond motifs is 1. The smallest absolute Gasteiger partial charge is 0.269 e. The molecule has 1 aromatic carbocycles. The van der Waals surface area contributed by atoms with Gasteiger partial charge < -0.3 is 15.7 Å². The van der Waals surface area contributed by atoms with E-state index in [0.29, 0.717) is 22.9 Å². The number of rotatable bonds is 4. The number of nitrogens with one attached hydrogen (secondary N) is 2. The minimum atomic E-state index is -1.00. The number of nitrogens with zero attached hydrogens (tertiary/aromatic N) is 3. The van der Waals surface area contributed by atoms with Gasteiger partial charge in [0.25, 0.3) is 11.8 Å². The zero-order chi connectivity index (χ0) is 22.1. The average Bonchev–Trinajstić information content (AvgIpc) is 2.77. The van der Waals surface area contributed by atoms with E-state index in [1.165, 1.54) is 10.5 Å². The lowest BCUT2D eigenvalue weighted by molar-refractivity contribution is 0.0302. The van der Waals surface area contributed by atoms with Crippen LogP contribution in [0, 0.1) is 6.92 Å². The number of carbonyl (C=O) groups excluding carboxylic acids is 2. The second-order valence-electron chi connectivity index (χ2n) is 8.31. The Hall–Kier alpha value is -2.97. The Morgan fingerprint density at radius 1 is 1.26 bits per heavy atom. The van der Waals surface area contributed by atoms with Gasteiger partial charge in [0.05, 0.1) is 11.3 Å². The molecule has 3 heterocycles. The summed E-state index contributed by atoms with van der Waals surface area (Å²) in [5.41, 5.74) is 4.98. The van der Waals surface area contributed by atoms with Crippen molar-refractivity contribution in [1.82, 2.24) is 20.1 Å². The Morgan fingerprint density at radius 2 is 2.00 bits per heavy atom. The van der Waals surface area contributed by atoms with E-state index in [2.05, 4.69) is 20.5 Å². The van der Waals surface area contributed by atoms with Crippen molar-refractivity contribution in [3.63, 3.8) is 0 Å². The van der Waals surface area contributed by atoms with Gasteiger partial charge >= 0.3 is 0 Å². The van der Waals surface area contributed by atoms with Crippen LogP contribution in [0.4, 0.5) is 5.69 Å². The summed E-state index contributed by atoms with van der Waals surface area (Å²) in [5.74, 6) is 0.0981. The molecule has 0 radical (unpaired) electrons. The highest BCUT2D eigenvalue weighted by molar-refractivity contribution is 6.01. The molecule has 2 aliphatic heterocycles. The van der Waals surface area contributed by atoms with Crippen molar-refractivity contribution in [2.24, 2.45) is 0 Å². The number of hydrogen-bond acceptors (Lipinski definition) is 6. The summed E-state index contributed by atoms with van der Waals surface area (Å²) in [6.07, 6.45) is 1.07. The molecule has 1 atom stereocenters. The Morgan fingerprint density at radius 3 is 2.68 bits per heavy atom. The van der Waals surface area contributed by atoms with Gasteiger partial charge in [0.15, 0.2) is 0 Å². The van der Waals surface area contributed by atoms with E-state index in [1.807, 2.05) is 31.2 Å². The number of aromatic nitrogens is 1. The average molecular weight is 424 g/mol. The van der Waals surface area contributed by atoms with E-state index in [9.17, 15) is 14.7 Å². The molecule has 8 heteroatoms. The molecule has 31 heavy (non-hydrogen) atoms. The first-order valence-corrected chi connectivity index (χ1v) is 10.6. The van der Waals surface area contributed by atoms with Crippen molar-refractivity contribution < 1.29 is 14.7 Å². The third-order valence-electron chi connectivity index (χ3n) is 6.31. The van der Waals surface area contributed by atoms with E-state index in [1.54, 1.807) is 20.2 Å². The van der Waals surface area contributed by atoms with Gasteiger partial charge in [-0.1, -0.05) is 12.1 Å². The molecule has 0 bridgehead atoms. The second-order valence-corrected chi connectivity index (χ2v) is 8.31. The van der Waals surface area contributed by atoms with E-state index >= 15 is 0 Å². The molecular weight excluding hydrogens is 394 g/mol. The van der Waals surface area contributed by atoms with Gasteiger partial charge in [0.1, 0.15) is 5.69 Å². The molecule has 2 aromatic rings. The van der Waals surface area contributed by atoms with Gasteiger partial charge in [-0.05, 0) is 68.1 Å². The normalized spacial score (nSPS) is 19.7. The number of benzene rings is 1. The van der Waals surface area contributed by atoms with Crippen LogP contribution in [0.15, 0.2) is 30.3 Å². The highest BCUT2D eigenvalue weighted by Gasteiger charge is 2.28. The molecule has 1 fully saturated rings. The zero-order valence-electron chi connectivity index (χ0n) is 18.2. The van der Waals surface area contributed by atoms with E-state index in [0.717, 1.165) is 43.7 Å². The summed E-state index contributed by atoms with van der Waals surface area (Å²) in [6.45, 7) is 4.71. The summed E-state index contributed by atoms with van der Waals surface area (Å²) in [5, 5.41) is 15.6. The highest BCUT2D eigenvalue weighted by atomic mass is 16.3. The van der Waals surface area contributed by atoms with Gasteiger partial charge in [-0.3, -0.25) is 19.4 Å². The number of aliphatic hydroxyl groups excluding tert-OH is 1. The Bertz CT molecular complexity index is 1000. The van der Waals surface area contributed by atoms with Crippen molar-refractivity contribution >= 4 is 17.5 Å². The lowest BCUT2D eigenvalue weighted by atomic mass is 9.88. The van der Waals surface area contributed by atoms with Crippen LogP contribution in [-0.4, -0.2) is 65.2 Å². The van der Waals surface area contributed by atoms with E-state index in [4.69, 9.17) is 0 Å². The molecule has 4 rings (SSSR count). The van der Waals surface area contributed by atoms with Crippen LogP contribution in [0.3, 0.4) is 0 Å². The number of pyridine rings is 1. The number of piperidine rings is 1. The van der Waals surface area contributed by atoms with Crippen LogP contribution in [0.1, 0.15) is 56.4 Å². The number of anilines is 1. The van der Waals surface area contributed by atoms with Crippen molar-refractivity contribution in [2.75, 3.05) is 32.5 Å². The molecule has 1 unspecified atom stereocenters. The standard InChI is InChI=1S/C23H29N5O3/c1-14-17(6-7-19(25-14)21(29)24-2)16-8-10-28(11-9-16)13-15-4-5-18-20(12-15)26-23(31)27(3)22(18)30/h4-7,12,16,23,26,31H,8-11,13H2,1-3H3,(H,24,29). The predicted molar refractivity (Wildman–Crippen MR) is 118 cm³/mol. The minimum Gasteiger partial charge on any atom is -0.356 e. The molecule has 0 saturated carbocycles. The largest absolute Gasteiger partial charge is 0.356 e. The number of likely N-dealkylation sites (tertiary alicyclic amines) is 1. The molecule has 0 spiro atoms. The number of amides is 2. The fourth-order valence-electron chi connectivity index (χ4n) is 4.45. The topological polar surface area (TPSA) is 97.8 Å². The third-order valence-corrected chi connectivity index (χ3v) is 6.31. The molecule has 2 aliphatic rings. The van der Waals surface area contributed by atoms with Crippen LogP contribution < -0.4 is 10.6 Å². The van der Waals surface area contributed by atoms with Gasteiger partial charge in [0, 0.05) is 26.3 Å². The third kappa shape index (κ3) is 4.26. The number of aryl methyl sites for hydroxylation is 1. The first-order valence-electron chi connectivity index (χ1n) is 10.6. The molecule has 2 amide bonds. The first kappa shape index (κ1) is 21.3. The molecule has 3 N–H and O–H groups in total. The maximum atomic E-state index is 12.3. The summed E-state index contributed by atoms with van der Waals surface area (Å²) in [6, 6.07) is 9.63. The first-order chi connectivity index (χ1) is 14.9. The summed E-state index contributed by atoms with van der Waals surface area (Å²) in [7, 11) is 3.18. The molecule has 1 saturated heterocycles. The molecule has 8 nitrogen and oxygen atoms in total. The van der Waals surface area contributed by atoms with Crippen molar-refractivity contribution in [3.05, 3.63) is 58.4 Å². The highest BCUT2D eigenvalue weighted by Crippen LogP contribution is 2.31. The van der Waals surface area contributed by atoms with Crippen molar-refractivity contribution in [2.45, 2.75) is 38.6 Å². The van der Waals surface area contributed by atoms with Gasteiger partial charge in [-0.25, -0.2) is 4.98 Å². The Balaban J connectivity index is 1.38. The monoisotopic (exact) mass is 423 g/mol. The van der Waals surface area contributed by atoms with E-state index < -0.39 is 6.35 Å². The maximum Gasteiger partial charge on any atom is 0.269 e. The number of carbonyl (C=O) groups is 2. The summed E-state index contributed by atoms with van der Waals surface area (Å²) in [4.78, 5) is 32.3. The fraction of sp³-hybridized carbons (Fsp3) is 0.435. The minimum absolute atomic E-state index is 0.162. The molecule has 0 aliphatic carbocycles. The fourth-order valence-corrected chi connectivity index (χ4v) is 4.45. The van der Waals surface area contributed by atoms with Gasteiger partial charge in [0.2, 0.25) is 6.35 Å². The van der Waals surface area contributed by atoms with Gasteiger partial charge in [-0.15, -0.1) is 0 Å². The Labute approximate surface area is 182 Å². The second kappa shape index (κ2) is 8.64. The van der Waals surface area contributed by atoms with Crippen LogP contribution in [-0.2, 0) is 6.54 Å². The summed E-state index contributed by atoms with van der Waals surface area (Å²) < 4.78 is 0. The van der Waals surface area contributed by atoms with Crippen molar-refractivity contribution in [3.8, 4) is 0 Å². The Kier molecular flexibility index (Phi) is 5.93. The van der Waals surface area contributed by atoms with Crippen LogP contribution in [0.25, 0.3) is 0 Å². The van der Waals surface area contributed by atoms with Crippen molar-refractivity contribution in [1.29, 1.82) is 0 Å². The van der Waals surface area contributed by atoms with Crippen LogP contribution >= 0.6 is 0 Å². The van der Waals surface area contributed by atoms with Crippen LogP contribution in [0.5, 0.6) is 0 Å². The lowest BCUT2D eigenvalue weighted by Gasteiger charge is -2.34. The maximum absolute atomic E-state index is 12.3. The molecular formula is C23H29N5O3. The predicted octanol–water partition coefficient (Wildman–Crippen LogP) is 1.90. The summed E-state index contributed by atoms with van der Waals surface area (Å²) >= 11 is 0. The zero-order valence-corrected chi connectivity index (χ0v) is 18.2. The number of hydrogen-bond donors (Lipinski definition) is 3. The molecule has 164 valence electrons. The van der Waals surface area contributed by atoms with E-state index in [-0.39, 0.29) is 11.8 Å². The number of aliphatic hydroxyl groups is 1.